The number of phenols is 1. The van der Waals surface area contributed by atoms with Crippen molar-refractivity contribution in [3.8, 4) is 5.75 Å². The molecule has 0 amide bonds. The fraction of sp³-hybridized carbons (Fsp3) is 0.167. The molecule has 2 nitrogen and oxygen atoms in total. The van der Waals surface area contributed by atoms with Gasteiger partial charge >= 0.3 is 0 Å². The molecule has 0 aliphatic heterocycles. The number of hydrogen-bond acceptors (Lipinski definition) is 3. The highest BCUT2D eigenvalue weighted by atomic mass is 35.5. The second-order valence-electron chi connectivity index (χ2n) is 3.59. The van der Waals surface area contributed by atoms with E-state index in [0.29, 0.717) is 5.02 Å². The van der Waals surface area contributed by atoms with Crippen LogP contribution in [-0.2, 0) is 0 Å². The predicted octanol–water partition coefficient (Wildman–Crippen LogP) is 4.28. The minimum absolute atomic E-state index is 0.107. The van der Waals surface area contributed by atoms with Gasteiger partial charge in [-0.15, -0.1) is 0 Å². The molecule has 1 aromatic carbocycles. The van der Waals surface area contributed by atoms with Crippen molar-refractivity contribution < 1.29 is 5.11 Å². The van der Waals surface area contributed by atoms with Crippen LogP contribution >= 0.6 is 22.9 Å². The van der Waals surface area contributed by atoms with Gasteiger partial charge in [0.1, 0.15) is 5.75 Å². The smallest absolute Gasteiger partial charge is 0.134 e. The van der Waals surface area contributed by atoms with E-state index in [0.717, 1.165) is 5.69 Å². The van der Waals surface area contributed by atoms with Crippen molar-refractivity contribution in [2.75, 3.05) is 5.32 Å². The molecular formula is C12H12ClNOS. The second kappa shape index (κ2) is 4.76. The molecule has 0 aliphatic rings. The summed E-state index contributed by atoms with van der Waals surface area (Å²) in [5.74, 6) is 0.107. The molecule has 1 atom stereocenters. The summed E-state index contributed by atoms with van der Waals surface area (Å²) in [6.45, 7) is 2.09. The van der Waals surface area contributed by atoms with E-state index in [1.54, 1.807) is 23.5 Å². The van der Waals surface area contributed by atoms with Gasteiger partial charge in [0.15, 0.2) is 0 Å². The minimum Gasteiger partial charge on any atom is -0.506 e. The Bertz CT molecular complexity index is 470. The van der Waals surface area contributed by atoms with E-state index in [1.165, 1.54) is 5.56 Å². The van der Waals surface area contributed by atoms with E-state index in [4.69, 9.17) is 11.6 Å². The molecule has 0 saturated heterocycles. The van der Waals surface area contributed by atoms with Crippen LogP contribution in [0.4, 0.5) is 5.69 Å². The Balaban J connectivity index is 2.12. The van der Waals surface area contributed by atoms with Gasteiger partial charge in [-0.25, -0.2) is 0 Å². The van der Waals surface area contributed by atoms with Crippen LogP contribution in [-0.4, -0.2) is 5.11 Å². The highest BCUT2D eigenvalue weighted by Crippen LogP contribution is 2.28. The Hall–Kier alpha value is -1.19. The van der Waals surface area contributed by atoms with Gasteiger partial charge in [0.2, 0.25) is 0 Å². The Labute approximate surface area is 104 Å². The number of hydrogen-bond donors (Lipinski definition) is 2. The van der Waals surface area contributed by atoms with Gasteiger partial charge in [-0.2, -0.15) is 11.3 Å². The van der Waals surface area contributed by atoms with E-state index in [9.17, 15) is 5.11 Å². The van der Waals surface area contributed by atoms with Crippen LogP contribution in [0.5, 0.6) is 5.75 Å². The molecule has 1 heterocycles. The van der Waals surface area contributed by atoms with Crippen molar-refractivity contribution in [3.05, 3.63) is 45.6 Å². The lowest BCUT2D eigenvalue weighted by Crippen LogP contribution is -2.05. The van der Waals surface area contributed by atoms with Crippen molar-refractivity contribution in [1.82, 2.24) is 0 Å². The maximum Gasteiger partial charge on any atom is 0.134 e. The summed E-state index contributed by atoms with van der Waals surface area (Å²) in [5.41, 5.74) is 2.15. The molecule has 0 spiro atoms. The number of phenolic OH excluding ortho intramolecular Hbond substituents is 1. The van der Waals surface area contributed by atoms with Crippen molar-refractivity contribution in [3.63, 3.8) is 0 Å². The molecule has 2 rings (SSSR count). The molecule has 1 unspecified atom stereocenters. The van der Waals surface area contributed by atoms with Gasteiger partial charge in [0.25, 0.3) is 0 Å². The molecule has 2 N–H and O–H groups in total. The summed E-state index contributed by atoms with van der Waals surface area (Å²) in [5, 5.41) is 17.2. The number of halogens is 1. The molecule has 0 aliphatic carbocycles. The second-order valence-corrected chi connectivity index (χ2v) is 4.78. The molecule has 1 aromatic heterocycles. The van der Waals surface area contributed by atoms with Crippen LogP contribution in [0.25, 0.3) is 0 Å². The molecule has 4 heteroatoms. The fourth-order valence-electron chi connectivity index (χ4n) is 1.45. The van der Waals surface area contributed by atoms with Crippen molar-refractivity contribution in [1.29, 1.82) is 0 Å². The van der Waals surface area contributed by atoms with Crippen molar-refractivity contribution >= 4 is 28.6 Å². The van der Waals surface area contributed by atoms with Gasteiger partial charge in [-0.3, -0.25) is 0 Å². The quantitative estimate of drug-likeness (QED) is 0.801. The first-order valence-corrected chi connectivity index (χ1v) is 6.26. The third-order valence-electron chi connectivity index (χ3n) is 2.37. The lowest BCUT2D eigenvalue weighted by molar-refractivity contribution is 0.475. The summed E-state index contributed by atoms with van der Waals surface area (Å²) in [4.78, 5) is 0. The van der Waals surface area contributed by atoms with Crippen LogP contribution in [0.1, 0.15) is 18.5 Å². The molecule has 0 fully saturated rings. The summed E-state index contributed by atoms with van der Waals surface area (Å²) < 4.78 is 0. The number of nitrogens with one attached hydrogen (secondary N) is 1. The van der Waals surface area contributed by atoms with Crippen LogP contribution in [0.15, 0.2) is 35.0 Å². The lowest BCUT2D eigenvalue weighted by Gasteiger charge is -2.14. The van der Waals surface area contributed by atoms with E-state index in [2.05, 4.69) is 29.1 Å². The first kappa shape index (κ1) is 11.3. The van der Waals surface area contributed by atoms with Crippen LogP contribution < -0.4 is 5.32 Å². The Kier molecular flexibility index (Phi) is 3.36. The van der Waals surface area contributed by atoms with E-state index in [1.807, 2.05) is 6.07 Å². The Morgan fingerprint density at radius 1 is 1.38 bits per heavy atom. The van der Waals surface area contributed by atoms with E-state index >= 15 is 0 Å². The standard InChI is InChI=1S/C12H12ClNOS/c1-8(9-4-5-16-7-9)14-10-2-3-12(15)11(13)6-10/h2-8,14-15H,1H3. The highest BCUT2D eigenvalue weighted by molar-refractivity contribution is 7.07. The third-order valence-corrected chi connectivity index (χ3v) is 3.38. The van der Waals surface area contributed by atoms with Gasteiger partial charge in [-0.1, -0.05) is 11.6 Å². The summed E-state index contributed by atoms with van der Waals surface area (Å²) >= 11 is 7.51. The van der Waals surface area contributed by atoms with Crippen molar-refractivity contribution in [2.24, 2.45) is 0 Å². The molecule has 2 aromatic rings. The average Bonchev–Trinajstić information content (AvgIpc) is 2.77. The number of aromatic hydroxyl groups is 1. The minimum atomic E-state index is 0.107. The van der Waals surface area contributed by atoms with Gasteiger partial charge in [-0.05, 0) is 47.5 Å². The van der Waals surface area contributed by atoms with Crippen LogP contribution in [0.2, 0.25) is 5.02 Å². The highest BCUT2D eigenvalue weighted by Gasteiger charge is 2.06. The predicted molar refractivity (Wildman–Crippen MR) is 69.5 cm³/mol. The molecule has 84 valence electrons. The average molecular weight is 254 g/mol. The first-order chi connectivity index (χ1) is 7.66. The van der Waals surface area contributed by atoms with Crippen LogP contribution in [0.3, 0.4) is 0 Å². The molecular weight excluding hydrogens is 242 g/mol. The maximum absolute atomic E-state index is 9.30. The number of thiophene rings is 1. The SMILES string of the molecule is CC(Nc1ccc(O)c(Cl)c1)c1ccsc1. The number of anilines is 1. The van der Waals surface area contributed by atoms with Gasteiger partial charge in [0.05, 0.1) is 5.02 Å². The van der Waals surface area contributed by atoms with Crippen LogP contribution in [0, 0.1) is 0 Å². The zero-order valence-electron chi connectivity index (χ0n) is 8.77. The Morgan fingerprint density at radius 2 is 2.19 bits per heavy atom. The number of benzene rings is 1. The zero-order valence-corrected chi connectivity index (χ0v) is 10.3. The number of rotatable bonds is 3. The van der Waals surface area contributed by atoms with E-state index in [-0.39, 0.29) is 11.8 Å². The third kappa shape index (κ3) is 2.49. The fourth-order valence-corrected chi connectivity index (χ4v) is 2.39. The summed E-state index contributed by atoms with van der Waals surface area (Å²) in [7, 11) is 0. The first-order valence-electron chi connectivity index (χ1n) is 4.94. The van der Waals surface area contributed by atoms with Crippen molar-refractivity contribution in [2.45, 2.75) is 13.0 Å². The molecule has 0 bridgehead atoms. The Morgan fingerprint density at radius 3 is 2.81 bits per heavy atom. The maximum atomic E-state index is 9.30. The summed E-state index contributed by atoms with van der Waals surface area (Å²) in [6, 6.07) is 7.44. The largest absolute Gasteiger partial charge is 0.506 e. The topological polar surface area (TPSA) is 32.3 Å². The normalized spacial score (nSPS) is 12.4. The molecule has 0 saturated carbocycles. The zero-order chi connectivity index (χ0) is 11.5. The van der Waals surface area contributed by atoms with E-state index < -0.39 is 0 Å². The lowest BCUT2D eigenvalue weighted by atomic mass is 10.1. The molecule has 16 heavy (non-hydrogen) atoms. The summed E-state index contributed by atoms with van der Waals surface area (Å²) in [6.07, 6.45) is 0. The monoisotopic (exact) mass is 253 g/mol. The van der Waals surface area contributed by atoms with Gasteiger partial charge < -0.3 is 10.4 Å². The van der Waals surface area contributed by atoms with Gasteiger partial charge in [0, 0.05) is 11.7 Å². The molecule has 0 radical (unpaired) electrons.